The molecule has 3 rings (SSSR count). The number of esters is 1. The van der Waals surface area contributed by atoms with E-state index in [0.717, 1.165) is 0 Å². The molecule has 0 amide bonds. The van der Waals surface area contributed by atoms with E-state index >= 15 is 0 Å². The molecule has 0 unspecified atom stereocenters. The van der Waals surface area contributed by atoms with Gasteiger partial charge in [-0.1, -0.05) is 12.1 Å². The largest absolute Gasteiger partial charge is 0.465 e. The zero-order chi connectivity index (χ0) is 14.1. The first-order chi connectivity index (χ1) is 9.69. The van der Waals surface area contributed by atoms with Crippen LogP contribution in [-0.2, 0) is 4.74 Å². The summed E-state index contributed by atoms with van der Waals surface area (Å²) in [4.78, 5) is 27.8. The molecule has 0 radical (unpaired) electrons. The van der Waals surface area contributed by atoms with Gasteiger partial charge in [0, 0.05) is 23.9 Å². The van der Waals surface area contributed by atoms with Gasteiger partial charge in [0.15, 0.2) is 5.65 Å². The predicted octanol–water partition coefficient (Wildman–Crippen LogP) is 1.48. The van der Waals surface area contributed by atoms with E-state index < -0.39 is 5.97 Å². The van der Waals surface area contributed by atoms with Gasteiger partial charge < -0.3 is 4.74 Å². The lowest BCUT2D eigenvalue weighted by Gasteiger charge is -2.04. The number of ether oxygens (including phenoxy) is 1. The predicted molar refractivity (Wildman–Crippen MR) is 72.6 cm³/mol. The number of methoxy groups -OCH3 is 1. The summed E-state index contributed by atoms with van der Waals surface area (Å²) in [5.41, 5.74) is 1.93. The molecular weight excluding hydrogens is 258 g/mol. The van der Waals surface area contributed by atoms with Gasteiger partial charge in [-0.2, -0.15) is 0 Å². The summed E-state index contributed by atoms with van der Waals surface area (Å²) in [6.07, 6.45) is 1.64. The molecule has 0 aliphatic rings. The number of aromatic amines is 1. The third-order valence-corrected chi connectivity index (χ3v) is 2.96. The minimum atomic E-state index is -0.425. The highest BCUT2D eigenvalue weighted by molar-refractivity contribution is 5.90. The number of carbonyl (C=O) groups is 1. The van der Waals surface area contributed by atoms with Crippen molar-refractivity contribution in [3.05, 3.63) is 58.5 Å². The molecule has 0 aliphatic heterocycles. The number of H-pyrrole nitrogens is 1. The fourth-order valence-electron chi connectivity index (χ4n) is 2.00. The van der Waals surface area contributed by atoms with Crippen LogP contribution in [0.25, 0.3) is 16.9 Å². The molecule has 0 bridgehead atoms. The van der Waals surface area contributed by atoms with Crippen molar-refractivity contribution in [2.24, 2.45) is 0 Å². The van der Waals surface area contributed by atoms with Gasteiger partial charge in [0.1, 0.15) is 0 Å². The second kappa shape index (κ2) is 4.65. The Balaban J connectivity index is 2.15. The lowest BCUT2D eigenvalue weighted by molar-refractivity contribution is 0.0601. The SMILES string of the molecule is COC(=O)c1cccc(-c2cc(=O)n3[nH]ccc3n2)c1. The van der Waals surface area contributed by atoms with Crippen molar-refractivity contribution in [3.63, 3.8) is 0 Å². The van der Waals surface area contributed by atoms with Gasteiger partial charge >= 0.3 is 5.97 Å². The Hall–Kier alpha value is -2.89. The maximum atomic E-state index is 11.9. The monoisotopic (exact) mass is 269 g/mol. The second-order valence-corrected chi connectivity index (χ2v) is 4.21. The Morgan fingerprint density at radius 1 is 1.30 bits per heavy atom. The van der Waals surface area contributed by atoms with Crippen molar-refractivity contribution in [2.45, 2.75) is 0 Å². The first-order valence-corrected chi connectivity index (χ1v) is 5.95. The van der Waals surface area contributed by atoms with Gasteiger partial charge in [-0.05, 0) is 12.1 Å². The molecule has 1 aromatic carbocycles. The van der Waals surface area contributed by atoms with Crippen LogP contribution in [0.2, 0.25) is 0 Å². The normalized spacial score (nSPS) is 10.7. The van der Waals surface area contributed by atoms with E-state index in [2.05, 4.69) is 14.8 Å². The van der Waals surface area contributed by atoms with Crippen molar-refractivity contribution in [1.29, 1.82) is 0 Å². The third-order valence-electron chi connectivity index (χ3n) is 2.96. The average Bonchev–Trinajstić information content (AvgIpc) is 2.95. The lowest BCUT2D eigenvalue weighted by atomic mass is 10.1. The van der Waals surface area contributed by atoms with E-state index in [9.17, 15) is 9.59 Å². The molecule has 2 heterocycles. The first-order valence-electron chi connectivity index (χ1n) is 5.95. The highest BCUT2D eigenvalue weighted by atomic mass is 16.5. The van der Waals surface area contributed by atoms with Gasteiger partial charge in [0.2, 0.25) is 0 Å². The van der Waals surface area contributed by atoms with E-state index in [0.29, 0.717) is 22.5 Å². The number of benzene rings is 1. The molecule has 0 atom stereocenters. The molecule has 100 valence electrons. The Morgan fingerprint density at radius 2 is 2.15 bits per heavy atom. The van der Waals surface area contributed by atoms with Crippen LogP contribution in [0.1, 0.15) is 10.4 Å². The summed E-state index contributed by atoms with van der Waals surface area (Å²) in [7, 11) is 1.32. The maximum Gasteiger partial charge on any atom is 0.337 e. The van der Waals surface area contributed by atoms with Crippen LogP contribution in [0, 0.1) is 0 Å². The number of rotatable bonds is 2. The first kappa shape index (κ1) is 12.2. The quantitative estimate of drug-likeness (QED) is 0.715. The van der Waals surface area contributed by atoms with Crippen LogP contribution in [0.4, 0.5) is 0 Å². The van der Waals surface area contributed by atoms with Crippen LogP contribution in [0.15, 0.2) is 47.4 Å². The van der Waals surface area contributed by atoms with Crippen LogP contribution in [0.5, 0.6) is 0 Å². The minimum absolute atomic E-state index is 0.210. The highest BCUT2D eigenvalue weighted by Gasteiger charge is 2.09. The molecular formula is C14H11N3O3. The number of hydrogen-bond acceptors (Lipinski definition) is 4. The van der Waals surface area contributed by atoms with Crippen LogP contribution in [-0.4, -0.2) is 27.7 Å². The zero-order valence-electron chi connectivity index (χ0n) is 10.7. The van der Waals surface area contributed by atoms with E-state index in [1.54, 1.807) is 36.5 Å². The maximum absolute atomic E-state index is 11.9. The summed E-state index contributed by atoms with van der Waals surface area (Å²) in [5.74, 6) is -0.425. The molecule has 6 nitrogen and oxygen atoms in total. The third kappa shape index (κ3) is 1.97. The van der Waals surface area contributed by atoms with Crippen LogP contribution < -0.4 is 5.56 Å². The average molecular weight is 269 g/mol. The standard InChI is InChI=1S/C14H11N3O3/c1-20-14(19)10-4-2-3-9(7-10)11-8-13(18)17-12(16-11)5-6-15-17/h2-8,15H,1H3. The van der Waals surface area contributed by atoms with E-state index in [4.69, 9.17) is 0 Å². The van der Waals surface area contributed by atoms with Gasteiger partial charge in [-0.15, -0.1) is 0 Å². The molecule has 1 N–H and O–H groups in total. The summed E-state index contributed by atoms with van der Waals surface area (Å²) in [6.45, 7) is 0. The van der Waals surface area contributed by atoms with Crippen molar-refractivity contribution < 1.29 is 9.53 Å². The second-order valence-electron chi connectivity index (χ2n) is 4.21. The molecule has 6 heteroatoms. The molecule has 3 aromatic rings. The van der Waals surface area contributed by atoms with Gasteiger partial charge in [-0.25, -0.2) is 14.3 Å². The molecule has 0 fully saturated rings. The van der Waals surface area contributed by atoms with Crippen molar-refractivity contribution in [1.82, 2.24) is 14.6 Å². The van der Waals surface area contributed by atoms with Crippen molar-refractivity contribution in [2.75, 3.05) is 7.11 Å². The van der Waals surface area contributed by atoms with Gasteiger partial charge in [0.25, 0.3) is 5.56 Å². The summed E-state index contributed by atoms with van der Waals surface area (Å²) in [6, 6.07) is 9.93. The number of fused-ring (bicyclic) bond motifs is 1. The molecule has 0 saturated heterocycles. The molecule has 0 aliphatic carbocycles. The number of hydrogen-bond donors (Lipinski definition) is 1. The summed E-state index contributed by atoms with van der Waals surface area (Å²) >= 11 is 0. The lowest BCUT2D eigenvalue weighted by Crippen LogP contribution is -2.14. The Bertz CT molecular complexity index is 848. The van der Waals surface area contributed by atoms with Gasteiger partial charge in [-0.3, -0.25) is 9.89 Å². The fourth-order valence-corrected chi connectivity index (χ4v) is 2.00. The topological polar surface area (TPSA) is 76.5 Å². The van der Waals surface area contributed by atoms with E-state index in [-0.39, 0.29) is 5.56 Å². The molecule has 2 aromatic heterocycles. The zero-order valence-corrected chi connectivity index (χ0v) is 10.7. The van der Waals surface area contributed by atoms with Crippen LogP contribution in [0.3, 0.4) is 0 Å². The molecule has 0 saturated carbocycles. The summed E-state index contributed by atoms with van der Waals surface area (Å²) in [5, 5.41) is 2.77. The number of aromatic nitrogens is 3. The molecule has 20 heavy (non-hydrogen) atoms. The van der Waals surface area contributed by atoms with Crippen molar-refractivity contribution >= 4 is 11.6 Å². The Kier molecular flexibility index (Phi) is 2.83. The fraction of sp³-hybridized carbons (Fsp3) is 0.0714. The van der Waals surface area contributed by atoms with E-state index in [1.807, 2.05) is 0 Å². The number of nitrogens with one attached hydrogen (secondary N) is 1. The smallest absolute Gasteiger partial charge is 0.337 e. The highest BCUT2D eigenvalue weighted by Crippen LogP contribution is 2.18. The van der Waals surface area contributed by atoms with E-state index in [1.165, 1.54) is 17.7 Å². The molecule has 0 spiro atoms. The van der Waals surface area contributed by atoms with Crippen LogP contribution >= 0.6 is 0 Å². The number of nitrogens with zero attached hydrogens (tertiary/aromatic N) is 2. The van der Waals surface area contributed by atoms with Crippen molar-refractivity contribution in [3.8, 4) is 11.3 Å². The minimum Gasteiger partial charge on any atom is -0.465 e. The number of carbonyl (C=O) groups excluding carboxylic acids is 1. The Labute approximate surface area is 113 Å². The Morgan fingerprint density at radius 3 is 2.95 bits per heavy atom. The van der Waals surface area contributed by atoms with Gasteiger partial charge in [0.05, 0.1) is 18.4 Å². The summed E-state index contributed by atoms with van der Waals surface area (Å²) < 4.78 is 6.02.